The lowest BCUT2D eigenvalue weighted by Gasteiger charge is -2.37. The molecule has 1 aliphatic rings. The van der Waals surface area contributed by atoms with Gasteiger partial charge in [-0.05, 0) is 12.8 Å². The fourth-order valence-electron chi connectivity index (χ4n) is 2.01. The Hall–Kier alpha value is -1.52. The van der Waals surface area contributed by atoms with Gasteiger partial charge in [-0.25, -0.2) is 0 Å². The summed E-state index contributed by atoms with van der Waals surface area (Å²) < 4.78 is 14.3. The zero-order valence-corrected chi connectivity index (χ0v) is 12.5. The van der Waals surface area contributed by atoms with Gasteiger partial charge in [0.25, 0.3) is 0 Å². The van der Waals surface area contributed by atoms with Crippen molar-refractivity contribution >= 4 is 11.9 Å². The summed E-state index contributed by atoms with van der Waals surface area (Å²) >= 11 is 0. The summed E-state index contributed by atoms with van der Waals surface area (Å²) in [4.78, 5) is 22.5. The predicted octanol–water partition coefficient (Wildman–Crippen LogP) is -1.42. The van der Waals surface area contributed by atoms with Crippen molar-refractivity contribution in [3.05, 3.63) is 12.8 Å². The highest BCUT2D eigenvalue weighted by molar-refractivity contribution is 5.70. The first-order chi connectivity index (χ1) is 10.9. The molecule has 0 aromatic heterocycles. The van der Waals surface area contributed by atoms with E-state index in [1.807, 2.05) is 0 Å². The van der Waals surface area contributed by atoms with E-state index in [1.54, 1.807) is 0 Å². The molecule has 23 heavy (non-hydrogen) atoms. The summed E-state index contributed by atoms with van der Waals surface area (Å²) in [6, 6.07) is 0. The second-order valence-corrected chi connectivity index (χ2v) is 5.08. The van der Waals surface area contributed by atoms with Crippen LogP contribution in [0.5, 0.6) is 0 Å². The van der Waals surface area contributed by atoms with Crippen molar-refractivity contribution < 1.29 is 44.2 Å². The Labute approximate surface area is 133 Å². The Morgan fingerprint density at radius 3 is 2.22 bits per heavy atom. The average molecular weight is 334 g/mol. The fraction of sp³-hybridized carbons (Fsp3) is 0.714. The fourth-order valence-corrected chi connectivity index (χ4v) is 2.01. The third-order valence-electron chi connectivity index (χ3n) is 3.32. The van der Waals surface area contributed by atoms with E-state index < -0.39 is 42.6 Å². The minimum absolute atomic E-state index is 0.0535. The number of carbonyl (C=O) groups is 2. The largest absolute Gasteiger partial charge is 0.463 e. The summed E-state index contributed by atoms with van der Waals surface area (Å²) in [5.41, 5.74) is 0. The molecular weight excluding hydrogens is 312 g/mol. The SMILES string of the molecule is C=COC(=O)CCCCC(=O)OC[C@H]1OC(O)[C@H](O)[C@@H](O)[C@H]1O. The van der Waals surface area contributed by atoms with Crippen LogP contribution in [0.1, 0.15) is 25.7 Å². The number of ether oxygens (including phenoxy) is 3. The molecule has 1 fully saturated rings. The molecule has 0 aromatic carbocycles. The number of hydrogen-bond donors (Lipinski definition) is 4. The van der Waals surface area contributed by atoms with E-state index in [-0.39, 0.29) is 19.4 Å². The van der Waals surface area contributed by atoms with Crippen LogP contribution in [0.25, 0.3) is 0 Å². The van der Waals surface area contributed by atoms with Crippen LogP contribution in [0.3, 0.4) is 0 Å². The van der Waals surface area contributed by atoms with E-state index >= 15 is 0 Å². The molecule has 1 aliphatic heterocycles. The third kappa shape index (κ3) is 6.24. The van der Waals surface area contributed by atoms with Crippen molar-refractivity contribution in [3.8, 4) is 0 Å². The summed E-state index contributed by atoms with van der Waals surface area (Å²) in [6.45, 7) is 2.87. The maximum Gasteiger partial charge on any atom is 0.310 e. The summed E-state index contributed by atoms with van der Waals surface area (Å²) in [5, 5.41) is 37.8. The third-order valence-corrected chi connectivity index (χ3v) is 3.32. The van der Waals surface area contributed by atoms with Crippen molar-refractivity contribution in [2.45, 2.75) is 56.4 Å². The van der Waals surface area contributed by atoms with E-state index in [9.17, 15) is 30.0 Å². The molecule has 0 saturated carbocycles. The Bertz CT molecular complexity index is 411. The van der Waals surface area contributed by atoms with Gasteiger partial charge < -0.3 is 34.6 Å². The maximum absolute atomic E-state index is 11.5. The molecule has 1 unspecified atom stereocenters. The molecule has 9 heteroatoms. The predicted molar refractivity (Wildman–Crippen MR) is 74.6 cm³/mol. The van der Waals surface area contributed by atoms with Gasteiger partial charge in [0.2, 0.25) is 0 Å². The highest BCUT2D eigenvalue weighted by atomic mass is 16.6. The van der Waals surface area contributed by atoms with Crippen molar-refractivity contribution in [2.24, 2.45) is 0 Å². The molecule has 0 amide bonds. The van der Waals surface area contributed by atoms with Crippen molar-refractivity contribution in [2.75, 3.05) is 6.61 Å². The van der Waals surface area contributed by atoms with E-state index in [0.29, 0.717) is 12.8 Å². The average Bonchev–Trinajstić information content (AvgIpc) is 2.52. The van der Waals surface area contributed by atoms with Crippen LogP contribution < -0.4 is 0 Å². The van der Waals surface area contributed by atoms with Gasteiger partial charge in [0.15, 0.2) is 6.29 Å². The normalized spacial score (nSPS) is 30.5. The van der Waals surface area contributed by atoms with Gasteiger partial charge >= 0.3 is 11.9 Å². The maximum atomic E-state index is 11.5. The van der Waals surface area contributed by atoms with Gasteiger partial charge in [-0.3, -0.25) is 9.59 Å². The quantitative estimate of drug-likeness (QED) is 0.239. The number of aliphatic hydroxyl groups excluding tert-OH is 4. The first-order valence-electron chi connectivity index (χ1n) is 7.20. The van der Waals surface area contributed by atoms with Gasteiger partial charge in [-0.1, -0.05) is 6.58 Å². The summed E-state index contributed by atoms with van der Waals surface area (Å²) in [7, 11) is 0. The minimum atomic E-state index is -1.67. The molecule has 0 bridgehead atoms. The van der Waals surface area contributed by atoms with Crippen LogP contribution in [-0.2, 0) is 23.8 Å². The highest BCUT2D eigenvalue weighted by Gasteiger charge is 2.43. The standard InChI is InChI=1S/C14H22O9/c1-2-21-9(15)5-3-4-6-10(16)22-7-8-11(17)12(18)13(19)14(20)23-8/h2,8,11-14,17-20H,1,3-7H2/t8-,11+,12+,13-,14?/m1/s1. The molecular formula is C14H22O9. The number of esters is 2. The molecule has 1 heterocycles. The topological polar surface area (TPSA) is 143 Å². The van der Waals surface area contributed by atoms with Crippen LogP contribution >= 0.6 is 0 Å². The van der Waals surface area contributed by atoms with Crippen molar-refractivity contribution in [1.82, 2.24) is 0 Å². The first kappa shape index (κ1) is 19.5. The van der Waals surface area contributed by atoms with E-state index in [4.69, 9.17) is 9.47 Å². The second kappa shape index (κ2) is 9.58. The van der Waals surface area contributed by atoms with Gasteiger partial charge in [0.1, 0.15) is 31.0 Å². The number of hydrogen-bond acceptors (Lipinski definition) is 9. The lowest BCUT2D eigenvalue weighted by molar-refractivity contribution is -0.287. The molecule has 132 valence electrons. The zero-order chi connectivity index (χ0) is 17.4. The molecule has 0 aromatic rings. The van der Waals surface area contributed by atoms with E-state index in [1.165, 1.54) is 0 Å². The van der Waals surface area contributed by atoms with Crippen LogP contribution in [0.15, 0.2) is 12.8 Å². The molecule has 4 N–H and O–H groups in total. The molecule has 9 nitrogen and oxygen atoms in total. The number of rotatable bonds is 8. The number of aliphatic hydroxyl groups is 4. The summed E-state index contributed by atoms with van der Waals surface area (Å²) in [5.74, 6) is -1.01. The second-order valence-electron chi connectivity index (χ2n) is 5.08. The smallest absolute Gasteiger partial charge is 0.310 e. The highest BCUT2D eigenvalue weighted by Crippen LogP contribution is 2.20. The zero-order valence-electron chi connectivity index (χ0n) is 12.5. The van der Waals surface area contributed by atoms with Gasteiger partial charge in [-0.2, -0.15) is 0 Å². The summed E-state index contributed by atoms with van der Waals surface area (Å²) in [6.07, 6.45) is -5.45. The Morgan fingerprint density at radius 1 is 1.00 bits per heavy atom. The number of carbonyl (C=O) groups excluding carboxylic acids is 2. The first-order valence-corrected chi connectivity index (χ1v) is 7.20. The molecule has 0 spiro atoms. The van der Waals surface area contributed by atoms with Crippen LogP contribution in [0.2, 0.25) is 0 Å². The van der Waals surface area contributed by atoms with Gasteiger partial charge in [-0.15, -0.1) is 0 Å². The Morgan fingerprint density at radius 2 is 1.61 bits per heavy atom. The van der Waals surface area contributed by atoms with Crippen molar-refractivity contribution in [1.29, 1.82) is 0 Å². The molecule has 5 atom stereocenters. The van der Waals surface area contributed by atoms with Crippen LogP contribution in [0.4, 0.5) is 0 Å². The van der Waals surface area contributed by atoms with Crippen LogP contribution in [-0.4, -0.2) is 69.7 Å². The molecule has 0 radical (unpaired) electrons. The van der Waals surface area contributed by atoms with Crippen LogP contribution in [0, 0.1) is 0 Å². The molecule has 1 rings (SSSR count). The lowest BCUT2D eigenvalue weighted by Crippen LogP contribution is -2.58. The molecule has 1 saturated heterocycles. The van der Waals surface area contributed by atoms with E-state index in [0.717, 1.165) is 6.26 Å². The monoisotopic (exact) mass is 334 g/mol. The Kier molecular flexibility index (Phi) is 8.13. The molecule has 0 aliphatic carbocycles. The van der Waals surface area contributed by atoms with E-state index in [2.05, 4.69) is 11.3 Å². The van der Waals surface area contributed by atoms with Gasteiger partial charge in [0.05, 0.1) is 6.26 Å². The number of unbranched alkanes of at least 4 members (excludes halogenated alkanes) is 1. The van der Waals surface area contributed by atoms with Gasteiger partial charge in [0, 0.05) is 12.8 Å². The van der Waals surface area contributed by atoms with Crippen molar-refractivity contribution in [3.63, 3.8) is 0 Å². The minimum Gasteiger partial charge on any atom is -0.463 e. The lowest BCUT2D eigenvalue weighted by atomic mass is 9.99. The Balaban J connectivity index is 2.23.